The molecule has 0 heterocycles. The van der Waals surface area contributed by atoms with Gasteiger partial charge in [0.2, 0.25) is 5.91 Å². The number of ether oxygens (including phenoxy) is 1. The van der Waals surface area contributed by atoms with E-state index in [1.807, 2.05) is 64.1 Å². The van der Waals surface area contributed by atoms with Crippen LogP contribution in [-0.4, -0.2) is 35.9 Å². The zero-order valence-corrected chi connectivity index (χ0v) is 20.0. The maximum atomic E-state index is 13.1. The van der Waals surface area contributed by atoms with Gasteiger partial charge < -0.3 is 15.0 Å². The maximum absolute atomic E-state index is 13.1. The van der Waals surface area contributed by atoms with Crippen LogP contribution in [0.15, 0.2) is 40.9 Å². The van der Waals surface area contributed by atoms with Gasteiger partial charge in [-0.1, -0.05) is 47.1 Å². The second-order valence-corrected chi connectivity index (χ2v) is 8.37. The number of hydrogen-bond donors (Lipinski definition) is 1. The molecule has 0 saturated heterocycles. The highest BCUT2D eigenvalue weighted by Gasteiger charge is 2.26. The van der Waals surface area contributed by atoms with E-state index in [-0.39, 0.29) is 18.4 Å². The molecule has 0 bridgehead atoms. The summed E-state index contributed by atoms with van der Waals surface area (Å²) in [6.07, 6.45) is 0.843. The van der Waals surface area contributed by atoms with Gasteiger partial charge in [0.1, 0.15) is 11.8 Å². The Kier molecular flexibility index (Phi) is 8.90. The standard InChI is InChI=1S/C24H31BrN2O3/c1-6-11-26-24(29)19(5)27(14-20-10-8-7-9-16(20)2)22(28)15-30-21-12-17(3)23(25)18(4)13-21/h7-10,12-13,19H,6,11,14-15H2,1-5H3,(H,26,29)/t19-/m0/s1. The molecule has 2 rings (SSSR count). The van der Waals surface area contributed by atoms with Crippen LogP contribution in [0.2, 0.25) is 0 Å². The summed E-state index contributed by atoms with van der Waals surface area (Å²) < 4.78 is 6.83. The normalized spacial score (nSPS) is 11.7. The Morgan fingerprint density at radius 1 is 1.10 bits per heavy atom. The minimum atomic E-state index is -0.597. The molecule has 2 aromatic carbocycles. The molecular formula is C24H31BrN2O3. The topological polar surface area (TPSA) is 58.6 Å². The van der Waals surface area contributed by atoms with Crippen molar-refractivity contribution in [2.24, 2.45) is 0 Å². The van der Waals surface area contributed by atoms with Crippen LogP contribution < -0.4 is 10.1 Å². The quantitative estimate of drug-likeness (QED) is 0.572. The molecule has 0 unspecified atom stereocenters. The molecule has 0 radical (unpaired) electrons. The minimum Gasteiger partial charge on any atom is -0.484 e. The van der Waals surface area contributed by atoms with E-state index in [9.17, 15) is 9.59 Å². The van der Waals surface area contributed by atoms with Crippen LogP contribution in [0.25, 0.3) is 0 Å². The van der Waals surface area contributed by atoms with Crippen molar-refractivity contribution in [2.75, 3.05) is 13.2 Å². The maximum Gasteiger partial charge on any atom is 0.261 e. The van der Waals surface area contributed by atoms with Crippen LogP contribution in [-0.2, 0) is 16.1 Å². The highest BCUT2D eigenvalue weighted by atomic mass is 79.9. The second kappa shape index (κ2) is 11.2. The van der Waals surface area contributed by atoms with Crippen molar-refractivity contribution >= 4 is 27.7 Å². The van der Waals surface area contributed by atoms with E-state index in [2.05, 4.69) is 21.2 Å². The molecule has 1 N–H and O–H groups in total. The van der Waals surface area contributed by atoms with Gasteiger partial charge in [0.05, 0.1) is 0 Å². The van der Waals surface area contributed by atoms with Gasteiger partial charge in [-0.2, -0.15) is 0 Å². The van der Waals surface area contributed by atoms with E-state index in [1.165, 1.54) is 0 Å². The number of aryl methyl sites for hydroxylation is 3. The van der Waals surface area contributed by atoms with Crippen molar-refractivity contribution in [3.63, 3.8) is 0 Å². The molecule has 0 aromatic heterocycles. The fourth-order valence-corrected chi connectivity index (χ4v) is 3.40. The Morgan fingerprint density at radius 3 is 2.33 bits per heavy atom. The summed E-state index contributed by atoms with van der Waals surface area (Å²) in [7, 11) is 0. The number of carbonyl (C=O) groups is 2. The number of hydrogen-bond acceptors (Lipinski definition) is 3. The number of nitrogens with zero attached hydrogens (tertiary/aromatic N) is 1. The molecule has 0 aliphatic heterocycles. The zero-order chi connectivity index (χ0) is 22.3. The predicted molar refractivity (Wildman–Crippen MR) is 124 cm³/mol. The van der Waals surface area contributed by atoms with Crippen LogP contribution in [0.5, 0.6) is 5.75 Å². The summed E-state index contributed by atoms with van der Waals surface area (Å²) in [5, 5.41) is 2.88. The van der Waals surface area contributed by atoms with Crippen LogP contribution >= 0.6 is 15.9 Å². The Labute approximate surface area is 187 Å². The molecule has 30 heavy (non-hydrogen) atoms. The van der Waals surface area contributed by atoms with Crippen molar-refractivity contribution < 1.29 is 14.3 Å². The highest BCUT2D eigenvalue weighted by Crippen LogP contribution is 2.26. The van der Waals surface area contributed by atoms with Crippen molar-refractivity contribution in [3.05, 3.63) is 63.1 Å². The smallest absolute Gasteiger partial charge is 0.261 e. The summed E-state index contributed by atoms with van der Waals surface area (Å²) in [5.74, 6) is 0.255. The average Bonchev–Trinajstić information content (AvgIpc) is 2.72. The van der Waals surface area contributed by atoms with Crippen molar-refractivity contribution in [2.45, 2.75) is 53.6 Å². The third-order valence-corrected chi connectivity index (χ3v) is 6.34. The number of nitrogens with one attached hydrogen (secondary N) is 1. The summed E-state index contributed by atoms with van der Waals surface area (Å²) in [6, 6.07) is 11.1. The minimum absolute atomic E-state index is 0.127. The lowest BCUT2D eigenvalue weighted by atomic mass is 10.1. The Bertz CT molecular complexity index is 875. The van der Waals surface area contributed by atoms with Gasteiger partial charge in [0.15, 0.2) is 6.61 Å². The van der Waals surface area contributed by atoms with E-state index >= 15 is 0 Å². The van der Waals surface area contributed by atoms with Crippen LogP contribution in [0.4, 0.5) is 0 Å². The second-order valence-electron chi connectivity index (χ2n) is 7.57. The summed E-state index contributed by atoms with van der Waals surface area (Å²) in [5.41, 5.74) is 4.18. The molecular weight excluding hydrogens is 444 g/mol. The van der Waals surface area contributed by atoms with Gasteiger partial charge in [0, 0.05) is 17.6 Å². The third-order valence-electron chi connectivity index (χ3n) is 5.09. The molecule has 162 valence electrons. The summed E-state index contributed by atoms with van der Waals surface area (Å²) in [4.78, 5) is 27.3. The Balaban J connectivity index is 2.18. The zero-order valence-electron chi connectivity index (χ0n) is 18.4. The lowest BCUT2D eigenvalue weighted by Crippen LogP contribution is -2.49. The first-order valence-corrected chi connectivity index (χ1v) is 11.0. The number of amides is 2. The van der Waals surface area contributed by atoms with E-state index in [1.54, 1.807) is 11.8 Å². The summed E-state index contributed by atoms with van der Waals surface area (Å²) >= 11 is 3.54. The van der Waals surface area contributed by atoms with Crippen LogP contribution in [0.1, 0.15) is 42.5 Å². The molecule has 1 atom stereocenters. The fraction of sp³-hybridized carbons (Fsp3) is 0.417. The molecule has 5 nitrogen and oxygen atoms in total. The molecule has 6 heteroatoms. The predicted octanol–water partition coefficient (Wildman–Crippen LogP) is 4.70. The molecule has 0 fully saturated rings. The molecule has 2 amide bonds. The lowest BCUT2D eigenvalue weighted by molar-refractivity contribution is -0.142. The summed E-state index contributed by atoms with van der Waals surface area (Å²) in [6.45, 7) is 10.5. The lowest BCUT2D eigenvalue weighted by Gasteiger charge is -2.29. The number of rotatable bonds is 9. The molecule has 0 aliphatic rings. The Hall–Kier alpha value is -2.34. The Morgan fingerprint density at radius 2 is 1.73 bits per heavy atom. The van der Waals surface area contributed by atoms with Gasteiger partial charge in [-0.05, 0) is 68.5 Å². The number of carbonyl (C=O) groups excluding carboxylic acids is 2. The third kappa shape index (κ3) is 6.33. The van der Waals surface area contributed by atoms with Crippen molar-refractivity contribution in [1.29, 1.82) is 0 Å². The molecule has 0 saturated carbocycles. The molecule has 0 spiro atoms. The SMILES string of the molecule is CCCNC(=O)[C@H](C)N(Cc1ccccc1C)C(=O)COc1cc(C)c(Br)c(C)c1. The monoisotopic (exact) mass is 474 g/mol. The molecule has 2 aromatic rings. The van der Waals surface area contributed by atoms with Crippen LogP contribution in [0.3, 0.4) is 0 Å². The van der Waals surface area contributed by atoms with Crippen LogP contribution in [0, 0.1) is 20.8 Å². The molecule has 0 aliphatic carbocycles. The first-order valence-electron chi connectivity index (χ1n) is 10.3. The average molecular weight is 475 g/mol. The van der Waals surface area contributed by atoms with Crippen molar-refractivity contribution in [1.82, 2.24) is 10.2 Å². The fourth-order valence-electron chi connectivity index (χ4n) is 3.17. The van der Waals surface area contributed by atoms with E-state index in [0.717, 1.165) is 33.1 Å². The van der Waals surface area contributed by atoms with Crippen molar-refractivity contribution in [3.8, 4) is 5.75 Å². The van der Waals surface area contributed by atoms with E-state index in [4.69, 9.17) is 4.74 Å². The first kappa shape index (κ1) is 23.9. The van der Waals surface area contributed by atoms with Gasteiger partial charge >= 0.3 is 0 Å². The van der Waals surface area contributed by atoms with E-state index < -0.39 is 6.04 Å². The largest absolute Gasteiger partial charge is 0.484 e. The number of benzene rings is 2. The number of halogens is 1. The van der Waals surface area contributed by atoms with Gasteiger partial charge in [-0.3, -0.25) is 9.59 Å². The van der Waals surface area contributed by atoms with Gasteiger partial charge in [0.25, 0.3) is 5.91 Å². The van der Waals surface area contributed by atoms with Gasteiger partial charge in [-0.25, -0.2) is 0 Å². The highest BCUT2D eigenvalue weighted by molar-refractivity contribution is 9.10. The first-order chi connectivity index (χ1) is 14.2. The van der Waals surface area contributed by atoms with E-state index in [0.29, 0.717) is 18.8 Å². The van der Waals surface area contributed by atoms with Gasteiger partial charge in [-0.15, -0.1) is 0 Å².